The predicted octanol–water partition coefficient (Wildman–Crippen LogP) is 2.73. The molecule has 0 saturated carbocycles. The number of aryl methyl sites for hydroxylation is 2. The third-order valence-electron chi connectivity index (χ3n) is 4.35. The summed E-state index contributed by atoms with van der Waals surface area (Å²) < 4.78 is 0. The highest BCUT2D eigenvalue weighted by Crippen LogP contribution is 2.34. The molecule has 1 aliphatic rings. The molecule has 0 amide bonds. The van der Waals surface area contributed by atoms with E-state index < -0.39 is 0 Å². The fourth-order valence-corrected chi connectivity index (χ4v) is 3.25. The molecule has 0 spiro atoms. The lowest BCUT2D eigenvalue weighted by Gasteiger charge is -2.23. The Labute approximate surface area is 120 Å². The van der Waals surface area contributed by atoms with Gasteiger partial charge in [0.15, 0.2) is 0 Å². The first-order chi connectivity index (χ1) is 9.88. The van der Waals surface area contributed by atoms with Gasteiger partial charge in [0.25, 0.3) is 0 Å². The molecule has 2 aromatic rings. The van der Waals surface area contributed by atoms with E-state index in [4.69, 9.17) is 0 Å². The van der Waals surface area contributed by atoms with Crippen LogP contribution >= 0.6 is 0 Å². The number of hydrogen-bond donors (Lipinski definition) is 1. The lowest BCUT2D eigenvalue weighted by Crippen LogP contribution is -2.32. The Kier molecular flexibility index (Phi) is 4.07. The van der Waals surface area contributed by atoms with E-state index in [0.29, 0.717) is 12.0 Å². The molecule has 104 valence electrons. The molecule has 0 aromatic carbocycles. The van der Waals surface area contributed by atoms with Gasteiger partial charge in [0.1, 0.15) is 0 Å². The van der Waals surface area contributed by atoms with E-state index in [9.17, 15) is 0 Å². The van der Waals surface area contributed by atoms with Crippen LogP contribution in [0.1, 0.15) is 35.6 Å². The SMILES string of the molecule is CNC(CCc1ccncc1)C1CCc2cccnc21. The number of fused-ring (bicyclic) bond motifs is 1. The minimum Gasteiger partial charge on any atom is -0.316 e. The van der Waals surface area contributed by atoms with Crippen LogP contribution in [-0.4, -0.2) is 23.1 Å². The Morgan fingerprint density at radius 3 is 2.90 bits per heavy atom. The molecule has 20 heavy (non-hydrogen) atoms. The molecule has 2 unspecified atom stereocenters. The lowest BCUT2D eigenvalue weighted by atomic mass is 9.92. The summed E-state index contributed by atoms with van der Waals surface area (Å²) in [5, 5.41) is 3.50. The highest BCUT2D eigenvalue weighted by atomic mass is 14.9. The molecule has 0 fully saturated rings. The van der Waals surface area contributed by atoms with Gasteiger partial charge in [0, 0.05) is 36.2 Å². The standard InChI is InChI=1S/C17H21N3/c1-18-16(7-4-13-8-11-19-12-9-13)15-6-5-14-3-2-10-20-17(14)15/h2-3,8-12,15-16,18H,4-7H2,1H3. The number of nitrogens with zero attached hydrogens (tertiary/aromatic N) is 2. The highest BCUT2D eigenvalue weighted by Gasteiger charge is 2.29. The minimum atomic E-state index is 0.499. The largest absolute Gasteiger partial charge is 0.316 e. The molecule has 3 nitrogen and oxygen atoms in total. The third-order valence-corrected chi connectivity index (χ3v) is 4.35. The average Bonchev–Trinajstić information content (AvgIpc) is 2.93. The molecule has 0 aliphatic heterocycles. The molecule has 3 rings (SSSR count). The Bertz CT molecular complexity index is 553. The average molecular weight is 267 g/mol. The summed E-state index contributed by atoms with van der Waals surface area (Å²) in [6, 6.07) is 8.98. The van der Waals surface area contributed by atoms with Crippen molar-refractivity contribution < 1.29 is 0 Å². The van der Waals surface area contributed by atoms with Crippen LogP contribution < -0.4 is 5.32 Å². The summed E-state index contributed by atoms with van der Waals surface area (Å²) in [5.74, 6) is 0.554. The summed E-state index contributed by atoms with van der Waals surface area (Å²) in [7, 11) is 2.07. The van der Waals surface area contributed by atoms with Crippen molar-refractivity contribution in [3.8, 4) is 0 Å². The van der Waals surface area contributed by atoms with Crippen molar-refractivity contribution in [2.75, 3.05) is 7.05 Å². The van der Waals surface area contributed by atoms with Crippen LogP contribution in [0.4, 0.5) is 0 Å². The molecule has 3 heteroatoms. The summed E-state index contributed by atoms with van der Waals surface area (Å²) in [5.41, 5.74) is 4.10. The quantitative estimate of drug-likeness (QED) is 0.905. The van der Waals surface area contributed by atoms with Gasteiger partial charge in [-0.05, 0) is 62.1 Å². The number of rotatable bonds is 5. The van der Waals surface area contributed by atoms with Crippen molar-refractivity contribution in [1.29, 1.82) is 0 Å². The molecule has 2 aromatic heterocycles. The van der Waals surface area contributed by atoms with Crippen LogP contribution in [0.25, 0.3) is 0 Å². The highest BCUT2D eigenvalue weighted by molar-refractivity contribution is 5.30. The maximum atomic E-state index is 4.61. The Morgan fingerprint density at radius 2 is 2.10 bits per heavy atom. The summed E-state index contributed by atoms with van der Waals surface area (Å²) >= 11 is 0. The molecular formula is C17H21N3. The maximum absolute atomic E-state index is 4.61. The van der Waals surface area contributed by atoms with Crippen molar-refractivity contribution in [3.63, 3.8) is 0 Å². The molecule has 0 radical (unpaired) electrons. The molecule has 2 heterocycles. The zero-order chi connectivity index (χ0) is 13.8. The first kappa shape index (κ1) is 13.3. The topological polar surface area (TPSA) is 37.8 Å². The van der Waals surface area contributed by atoms with Gasteiger partial charge < -0.3 is 5.32 Å². The van der Waals surface area contributed by atoms with E-state index in [1.54, 1.807) is 0 Å². The fourth-order valence-electron chi connectivity index (χ4n) is 3.25. The van der Waals surface area contributed by atoms with Crippen molar-refractivity contribution in [2.45, 2.75) is 37.6 Å². The van der Waals surface area contributed by atoms with Gasteiger partial charge in [-0.2, -0.15) is 0 Å². The second-order valence-corrected chi connectivity index (χ2v) is 5.48. The van der Waals surface area contributed by atoms with Crippen LogP contribution in [0.3, 0.4) is 0 Å². The van der Waals surface area contributed by atoms with E-state index in [0.717, 1.165) is 12.8 Å². The monoisotopic (exact) mass is 267 g/mol. The zero-order valence-corrected chi connectivity index (χ0v) is 11.9. The smallest absolute Gasteiger partial charge is 0.0482 e. The van der Waals surface area contributed by atoms with E-state index in [-0.39, 0.29) is 0 Å². The van der Waals surface area contributed by atoms with Gasteiger partial charge in [0.05, 0.1) is 0 Å². The van der Waals surface area contributed by atoms with Crippen LogP contribution in [0, 0.1) is 0 Å². The molecular weight excluding hydrogens is 246 g/mol. The first-order valence-electron chi connectivity index (χ1n) is 7.38. The molecule has 0 saturated heterocycles. The van der Waals surface area contributed by atoms with Crippen LogP contribution in [0.5, 0.6) is 0 Å². The Hall–Kier alpha value is -1.74. The fraction of sp³-hybridized carbons (Fsp3) is 0.412. The van der Waals surface area contributed by atoms with Gasteiger partial charge in [-0.25, -0.2) is 0 Å². The Balaban J connectivity index is 1.69. The van der Waals surface area contributed by atoms with Crippen LogP contribution in [0.15, 0.2) is 42.9 Å². The van der Waals surface area contributed by atoms with E-state index in [2.05, 4.69) is 40.5 Å². The normalized spacial score (nSPS) is 18.8. The van der Waals surface area contributed by atoms with Crippen LogP contribution in [-0.2, 0) is 12.8 Å². The Morgan fingerprint density at radius 1 is 1.25 bits per heavy atom. The first-order valence-corrected chi connectivity index (χ1v) is 7.38. The van der Waals surface area contributed by atoms with Gasteiger partial charge in [-0.1, -0.05) is 6.07 Å². The van der Waals surface area contributed by atoms with Crippen molar-refractivity contribution in [1.82, 2.24) is 15.3 Å². The number of pyridine rings is 2. The summed E-state index contributed by atoms with van der Waals surface area (Å²) in [4.78, 5) is 8.69. The second kappa shape index (κ2) is 6.14. The van der Waals surface area contributed by atoms with E-state index in [1.165, 1.54) is 29.7 Å². The molecule has 2 atom stereocenters. The van der Waals surface area contributed by atoms with E-state index >= 15 is 0 Å². The lowest BCUT2D eigenvalue weighted by molar-refractivity contribution is 0.427. The van der Waals surface area contributed by atoms with Crippen molar-refractivity contribution in [3.05, 3.63) is 59.7 Å². The molecule has 1 N–H and O–H groups in total. The van der Waals surface area contributed by atoms with E-state index in [1.807, 2.05) is 24.7 Å². The third kappa shape index (κ3) is 2.73. The van der Waals surface area contributed by atoms with Crippen LogP contribution in [0.2, 0.25) is 0 Å². The molecule has 0 bridgehead atoms. The number of likely N-dealkylation sites (N-methyl/N-ethyl adjacent to an activating group) is 1. The maximum Gasteiger partial charge on any atom is 0.0482 e. The predicted molar refractivity (Wildman–Crippen MR) is 80.7 cm³/mol. The zero-order valence-electron chi connectivity index (χ0n) is 11.9. The second-order valence-electron chi connectivity index (χ2n) is 5.48. The van der Waals surface area contributed by atoms with Gasteiger partial charge in [-0.3, -0.25) is 9.97 Å². The number of hydrogen-bond acceptors (Lipinski definition) is 3. The number of aromatic nitrogens is 2. The summed E-state index contributed by atoms with van der Waals surface area (Å²) in [6.45, 7) is 0. The van der Waals surface area contributed by atoms with Gasteiger partial charge >= 0.3 is 0 Å². The van der Waals surface area contributed by atoms with Gasteiger partial charge in [0.2, 0.25) is 0 Å². The van der Waals surface area contributed by atoms with Crippen molar-refractivity contribution >= 4 is 0 Å². The summed E-state index contributed by atoms with van der Waals surface area (Å²) in [6.07, 6.45) is 10.3. The molecule has 1 aliphatic carbocycles. The minimum absolute atomic E-state index is 0.499. The van der Waals surface area contributed by atoms with Crippen molar-refractivity contribution in [2.24, 2.45) is 0 Å². The number of nitrogens with one attached hydrogen (secondary N) is 1. The van der Waals surface area contributed by atoms with Gasteiger partial charge in [-0.15, -0.1) is 0 Å².